The van der Waals surface area contributed by atoms with E-state index in [-0.39, 0.29) is 5.41 Å². The average Bonchev–Trinajstić information content (AvgIpc) is 2.55. The van der Waals surface area contributed by atoms with E-state index in [2.05, 4.69) is 64.1 Å². The molecular formula is C17H18. The first-order chi connectivity index (χ1) is 8.03. The van der Waals surface area contributed by atoms with Crippen LogP contribution < -0.4 is 0 Å². The Labute approximate surface area is 103 Å². The minimum Gasteiger partial charge on any atom is -0.0619 e. The van der Waals surface area contributed by atoms with E-state index in [0.29, 0.717) is 0 Å². The second kappa shape index (κ2) is 3.22. The highest BCUT2D eigenvalue weighted by Crippen LogP contribution is 2.50. The van der Waals surface area contributed by atoms with Crippen molar-refractivity contribution in [2.24, 2.45) is 0 Å². The van der Waals surface area contributed by atoms with Gasteiger partial charge in [-0.25, -0.2) is 0 Å². The summed E-state index contributed by atoms with van der Waals surface area (Å²) < 4.78 is 0. The second-order valence-corrected chi connectivity index (χ2v) is 5.62. The first-order valence-electron chi connectivity index (χ1n) is 6.24. The van der Waals surface area contributed by atoms with Crippen molar-refractivity contribution in [3.05, 3.63) is 58.7 Å². The molecular weight excluding hydrogens is 204 g/mol. The topological polar surface area (TPSA) is 0 Å². The fourth-order valence-corrected chi connectivity index (χ4v) is 3.34. The Balaban J connectivity index is 2.48. The van der Waals surface area contributed by atoms with Gasteiger partial charge in [0.2, 0.25) is 0 Å². The van der Waals surface area contributed by atoms with Gasteiger partial charge in [0.25, 0.3) is 0 Å². The standard InChI is InChI=1S/C17H18/c1-11-9-10-12(2)16-15(11)13-7-5-6-8-14(13)17(16,3)4/h5-10H,1-4H3. The van der Waals surface area contributed by atoms with Crippen molar-refractivity contribution in [1.29, 1.82) is 0 Å². The quantitative estimate of drug-likeness (QED) is 0.610. The lowest BCUT2D eigenvalue weighted by molar-refractivity contribution is 0.655. The van der Waals surface area contributed by atoms with Crippen LogP contribution in [0, 0.1) is 13.8 Å². The van der Waals surface area contributed by atoms with E-state index in [1.165, 1.54) is 33.4 Å². The van der Waals surface area contributed by atoms with Gasteiger partial charge in [-0.3, -0.25) is 0 Å². The molecule has 0 bridgehead atoms. The summed E-state index contributed by atoms with van der Waals surface area (Å²) in [5.74, 6) is 0. The molecule has 0 fully saturated rings. The molecule has 0 aliphatic heterocycles. The van der Waals surface area contributed by atoms with E-state index in [4.69, 9.17) is 0 Å². The number of fused-ring (bicyclic) bond motifs is 3. The molecule has 17 heavy (non-hydrogen) atoms. The zero-order valence-electron chi connectivity index (χ0n) is 11.0. The lowest BCUT2D eigenvalue weighted by Gasteiger charge is -2.23. The molecule has 2 aromatic rings. The number of benzene rings is 2. The zero-order chi connectivity index (χ0) is 12.2. The van der Waals surface area contributed by atoms with E-state index < -0.39 is 0 Å². The van der Waals surface area contributed by atoms with Gasteiger partial charge < -0.3 is 0 Å². The van der Waals surface area contributed by atoms with Crippen molar-refractivity contribution in [1.82, 2.24) is 0 Å². The summed E-state index contributed by atoms with van der Waals surface area (Å²) in [4.78, 5) is 0. The van der Waals surface area contributed by atoms with Crippen LogP contribution in [0.2, 0.25) is 0 Å². The van der Waals surface area contributed by atoms with Crippen molar-refractivity contribution in [3.8, 4) is 11.1 Å². The molecule has 0 radical (unpaired) electrons. The summed E-state index contributed by atoms with van der Waals surface area (Å²) in [6, 6.07) is 13.3. The summed E-state index contributed by atoms with van der Waals surface area (Å²) in [5.41, 5.74) is 8.81. The van der Waals surface area contributed by atoms with Crippen LogP contribution in [0.3, 0.4) is 0 Å². The van der Waals surface area contributed by atoms with Crippen molar-refractivity contribution >= 4 is 0 Å². The van der Waals surface area contributed by atoms with Gasteiger partial charge in [-0.1, -0.05) is 50.2 Å². The van der Waals surface area contributed by atoms with Crippen molar-refractivity contribution in [3.63, 3.8) is 0 Å². The Kier molecular flexibility index (Phi) is 2.01. The summed E-state index contributed by atoms with van der Waals surface area (Å²) in [6.45, 7) is 9.12. The van der Waals surface area contributed by atoms with Crippen LogP contribution in [-0.2, 0) is 5.41 Å². The van der Waals surface area contributed by atoms with Gasteiger partial charge in [0.15, 0.2) is 0 Å². The maximum absolute atomic E-state index is 2.34. The van der Waals surface area contributed by atoms with Crippen LogP contribution in [0.1, 0.15) is 36.1 Å². The summed E-state index contributed by atoms with van der Waals surface area (Å²) in [5, 5.41) is 0. The van der Waals surface area contributed by atoms with Gasteiger partial charge >= 0.3 is 0 Å². The molecule has 0 nitrogen and oxygen atoms in total. The fourth-order valence-electron chi connectivity index (χ4n) is 3.34. The average molecular weight is 222 g/mol. The molecule has 0 saturated carbocycles. The van der Waals surface area contributed by atoms with E-state index in [9.17, 15) is 0 Å². The first kappa shape index (κ1) is 10.6. The largest absolute Gasteiger partial charge is 0.0619 e. The van der Waals surface area contributed by atoms with Crippen molar-refractivity contribution in [2.45, 2.75) is 33.1 Å². The molecule has 0 aromatic heterocycles. The third kappa shape index (κ3) is 1.24. The molecule has 0 atom stereocenters. The molecule has 1 aliphatic carbocycles. The Morgan fingerprint density at radius 3 is 2.24 bits per heavy atom. The summed E-state index contributed by atoms with van der Waals surface area (Å²) in [6.07, 6.45) is 0. The molecule has 1 aliphatic rings. The Hall–Kier alpha value is -1.56. The van der Waals surface area contributed by atoms with Crippen molar-refractivity contribution < 1.29 is 0 Å². The van der Waals surface area contributed by atoms with E-state index in [1.54, 1.807) is 0 Å². The van der Waals surface area contributed by atoms with Crippen LogP contribution in [0.25, 0.3) is 11.1 Å². The lowest BCUT2D eigenvalue weighted by atomic mass is 9.80. The van der Waals surface area contributed by atoms with Crippen LogP contribution in [0.4, 0.5) is 0 Å². The number of hydrogen-bond acceptors (Lipinski definition) is 0. The smallest absolute Gasteiger partial charge is 0.0161 e. The van der Waals surface area contributed by atoms with Crippen LogP contribution in [-0.4, -0.2) is 0 Å². The molecule has 0 N–H and O–H groups in total. The number of aryl methyl sites for hydroxylation is 2. The van der Waals surface area contributed by atoms with Crippen LogP contribution in [0.15, 0.2) is 36.4 Å². The van der Waals surface area contributed by atoms with Gasteiger partial charge in [-0.2, -0.15) is 0 Å². The van der Waals surface area contributed by atoms with E-state index >= 15 is 0 Å². The van der Waals surface area contributed by atoms with Gasteiger partial charge in [0, 0.05) is 5.41 Å². The normalized spacial score (nSPS) is 15.5. The zero-order valence-corrected chi connectivity index (χ0v) is 11.0. The first-order valence-corrected chi connectivity index (χ1v) is 6.24. The summed E-state index contributed by atoms with van der Waals surface area (Å²) in [7, 11) is 0. The van der Waals surface area contributed by atoms with Crippen molar-refractivity contribution in [2.75, 3.05) is 0 Å². The van der Waals surface area contributed by atoms with Gasteiger partial charge in [-0.15, -0.1) is 0 Å². The highest BCUT2D eigenvalue weighted by atomic mass is 14.4. The Bertz CT molecular complexity index is 603. The number of rotatable bonds is 0. The van der Waals surface area contributed by atoms with E-state index in [1.807, 2.05) is 0 Å². The van der Waals surface area contributed by atoms with Gasteiger partial charge in [-0.05, 0) is 47.2 Å². The molecule has 0 unspecified atom stereocenters. The summed E-state index contributed by atoms with van der Waals surface area (Å²) >= 11 is 0. The molecule has 3 rings (SSSR count). The molecule has 0 amide bonds. The molecule has 0 spiro atoms. The highest BCUT2D eigenvalue weighted by molar-refractivity contribution is 5.84. The SMILES string of the molecule is Cc1ccc(C)c2c1-c1ccccc1C2(C)C. The molecule has 86 valence electrons. The van der Waals surface area contributed by atoms with Gasteiger partial charge in [0.1, 0.15) is 0 Å². The Morgan fingerprint density at radius 2 is 1.47 bits per heavy atom. The minimum atomic E-state index is 0.141. The van der Waals surface area contributed by atoms with Crippen LogP contribution >= 0.6 is 0 Å². The minimum absolute atomic E-state index is 0.141. The predicted molar refractivity (Wildman–Crippen MR) is 73.5 cm³/mol. The second-order valence-electron chi connectivity index (χ2n) is 5.62. The maximum Gasteiger partial charge on any atom is 0.0161 e. The highest BCUT2D eigenvalue weighted by Gasteiger charge is 2.36. The molecule has 0 heteroatoms. The maximum atomic E-state index is 2.34. The van der Waals surface area contributed by atoms with Gasteiger partial charge in [0.05, 0.1) is 0 Å². The lowest BCUT2D eigenvalue weighted by Crippen LogP contribution is -2.16. The number of hydrogen-bond donors (Lipinski definition) is 0. The molecule has 0 saturated heterocycles. The van der Waals surface area contributed by atoms with Crippen LogP contribution in [0.5, 0.6) is 0 Å². The third-order valence-corrected chi connectivity index (χ3v) is 4.12. The van der Waals surface area contributed by atoms with E-state index in [0.717, 1.165) is 0 Å². The molecule has 2 aromatic carbocycles. The predicted octanol–water partition coefficient (Wildman–Crippen LogP) is 4.61. The monoisotopic (exact) mass is 222 g/mol. The molecule has 0 heterocycles. The fraction of sp³-hybridized carbons (Fsp3) is 0.294. The Morgan fingerprint density at radius 1 is 0.824 bits per heavy atom. The third-order valence-electron chi connectivity index (χ3n) is 4.12.